The van der Waals surface area contributed by atoms with E-state index in [1.807, 2.05) is 0 Å². The van der Waals surface area contributed by atoms with Crippen LogP contribution in [0, 0.1) is 0 Å². The highest BCUT2D eigenvalue weighted by Gasteiger charge is 2.16. The Hall–Kier alpha value is -2.14. The Morgan fingerprint density at radius 2 is 1.64 bits per heavy atom. The Morgan fingerprint density at radius 1 is 0.909 bits per heavy atom. The van der Waals surface area contributed by atoms with Crippen LogP contribution in [0.5, 0.6) is 6.01 Å². The number of para-hydroxylation sites is 1. The monoisotopic (exact) mass is 298 g/mol. The van der Waals surface area contributed by atoms with E-state index < -0.39 is 0 Å². The zero-order chi connectivity index (χ0) is 15.0. The fourth-order valence-corrected chi connectivity index (χ4v) is 2.68. The minimum Gasteiger partial charge on any atom is -0.463 e. The molecular formula is C17H22N4O. The van der Waals surface area contributed by atoms with Gasteiger partial charge in [-0.25, -0.2) is 9.97 Å². The molecular weight excluding hydrogens is 276 g/mol. The first-order valence-electron chi connectivity index (χ1n) is 7.84. The van der Waals surface area contributed by atoms with Crippen LogP contribution in [0.1, 0.15) is 6.42 Å². The first-order chi connectivity index (χ1) is 10.9. The van der Waals surface area contributed by atoms with Gasteiger partial charge in [0, 0.05) is 50.8 Å². The molecule has 5 heteroatoms. The first-order valence-corrected chi connectivity index (χ1v) is 7.84. The van der Waals surface area contributed by atoms with Crippen molar-refractivity contribution < 1.29 is 4.74 Å². The number of rotatable bonds is 6. The number of benzene rings is 1. The predicted octanol–water partition coefficient (Wildman–Crippen LogP) is 2.07. The normalized spacial score (nSPS) is 15.7. The number of hydrogen-bond acceptors (Lipinski definition) is 5. The fourth-order valence-electron chi connectivity index (χ4n) is 2.68. The van der Waals surface area contributed by atoms with Crippen molar-refractivity contribution in [3.63, 3.8) is 0 Å². The van der Waals surface area contributed by atoms with Crippen molar-refractivity contribution in [1.29, 1.82) is 0 Å². The molecule has 1 aromatic heterocycles. The molecule has 0 unspecified atom stereocenters. The van der Waals surface area contributed by atoms with Crippen molar-refractivity contribution >= 4 is 5.69 Å². The Bertz CT molecular complexity index is 541. The third-order valence-corrected chi connectivity index (χ3v) is 3.89. The van der Waals surface area contributed by atoms with Gasteiger partial charge in [-0.3, -0.25) is 4.90 Å². The Balaban J connectivity index is 1.34. The maximum absolute atomic E-state index is 5.53. The van der Waals surface area contributed by atoms with Gasteiger partial charge >= 0.3 is 6.01 Å². The third-order valence-electron chi connectivity index (χ3n) is 3.89. The standard InChI is InChI=1S/C17H22N4O/c1-2-6-16(7-3-1)21-13-11-20(12-14-21)10-5-15-22-17-18-8-4-9-19-17/h1-4,6-9H,5,10-15H2. The number of anilines is 1. The molecule has 2 aromatic rings. The van der Waals surface area contributed by atoms with E-state index in [9.17, 15) is 0 Å². The van der Waals surface area contributed by atoms with Gasteiger partial charge in [0.1, 0.15) is 0 Å². The topological polar surface area (TPSA) is 41.5 Å². The molecule has 0 bridgehead atoms. The molecule has 0 amide bonds. The smallest absolute Gasteiger partial charge is 0.316 e. The number of piperazine rings is 1. The number of hydrogen-bond donors (Lipinski definition) is 0. The average Bonchev–Trinajstić information content (AvgIpc) is 2.61. The maximum Gasteiger partial charge on any atom is 0.316 e. The van der Waals surface area contributed by atoms with E-state index in [-0.39, 0.29) is 0 Å². The quantitative estimate of drug-likeness (QED) is 0.764. The van der Waals surface area contributed by atoms with Crippen molar-refractivity contribution in [3.8, 4) is 6.01 Å². The molecule has 3 rings (SSSR count). The number of ether oxygens (including phenoxy) is 1. The summed E-state index contributed by atoms with van der Waals surface area (Å²) in [6.45, 7) is 6.13. The van der Waals surface area contributed by atoms with Crippen molar-refractivity contribution in [2.24, 2.45) is 0 Å². The molecule has 0 N–H and O–H groups in total. The lowest BCUT2D eigenvalue weighted by Crippen LogP contribution is -2.46. The maximum atomic E-state index is 5.53. The Kier molecular flexibility index (Phi) is 5.21. The van der Waals surface area contributed by atoms with Gasteiger partial charge in [0.15, 0.2) is 0 Å². The molecule has 1 aliphatic heterocycles. The lowest BCUT2D eigenvalue weighted by molar-refractivity contribution is 0.218. The van der Waals surface area contributed by atoms with E-state index in [1.54, 1.807) is 18.5 Å². The first kappa shape index (κ1) is 14.8. The van der Waals surface area contributed by atoms with E-state index in [2.05, 4.69) is 50.1 Å². The minimum absolute atomic E-state index is 0.469. The summed E-state index contributed by atoms with van der Waals surface area (Å²) in [5, 5.41) is 0. The molecule has 0 spiro atoms. The van der Waals surface area contributed by atoms with Crippen LogP contribution in [0.3, 0.4) is 0 Å². The molecule has 1 fully saturated rings. The number of nitrogens with zero attached hydrogens (tertiary/aromatic N) is 4. The summed E-state index contributed by atoms with van der Waals surface area (Å²) in [6.07, 6.45) is 4.40. The van der Waals surface area contributed by atoms with E-state index in [0.29, 0.717) is 12.6 Å². The Labute approximate surface area is 131 Å². The zero-order valence-corrected chi connectivity index (χ0v) is 12.8. The predicted molar refractivity (Wildman–Crippen MR) is 87.2 cm³/mol. The number of aromatic nitrogens is 2. The van der Waals surface area contributed by atoms with Crippen molar-refractivity contribution in [3.05, 3.63) is 48.8 Å². The van der Waals surface area contributed by atoms with Gasteiger partial charge in [-0.15, -0.1) is 0 Å². The molecule has 1 aliphatic rings. The van der Waals surface area contributed by atoms with Crippen molar-refractivity contribution in [1.82, 2.24) is 14.9 Å². The molecule has 116 valence electrons. The van der Waals surface area contributed by atoms with Gasteiger partial charge in [-0.05, 0) is 24.6 Å². The second-order valence-electron chi connectivity index (χ2n) is 5.40. The van der Waals surface area contributed by atoms with Crippen LogP contribution < -0.4 is 9.64 Å². The fraction of sp³-hybridized carbons (Fsp3) is 0.412. The molecule has 1 saturated heterocycles. The van der Waals surface area contributed by atoms with Crippen molar-refractivity contribution in [2.75, 3.05) is 44.2 Å². The average molecular weight is 298 g/mol. The van der Waals surface area contributed by atoms with Crippen LogP contribution in [-0.2, 0) is 0 Å². The summed E-state index contributed by atoms with van der Waals surface area (Å²) < 4.78 is 5.53. The van der Waals surface area contributed by atoms with Gasteiger partial charge in [0.2, 0.25) is 0 Å². The largest absolute Gasteiger partial charge is 0.463 e. The second-order valence-corrected chi connectivity index (χ2v) is 5.40. The van der Waals surface area contributed by atoms with Crippen LogP contribution in [0.4, 0.5) is 5.69 Å². The Morgan fingerprint density at radius 3 is 2.36 bits per heavy atom. The van der Waals surface area contributed by atoms with E-state index >= 15 is 0 Å². The summed E-state index contributed by atoms with van der Waals surface area (Å²) in [4.78, 5) is 13.0. The zero-order valence-electron chi connectivity index (χ0n) is 12.8. The van der Waals surface area contributed by atoms with E-state index in [1.165, 1.54) is 5.69 Å². The van der Waals surface area contributed by atoms with Gasteiger partial charge in [0.25, 0.3) is 0 Å². The van der Waals surface area contributed by atoms with Crippen LogP contribution >= 0.6 is 0 Å². The minimum atomic E-state index is 0.469. The van der Waals surface area contributed by atoms with Gasteiger partial charge in [-0.2, -0.15) is 0 Å². The molecule has 2 heterocycles. The summed E-state index contributed by atoms with van der Waals surface area (Å²) >= 11 is 0. The van der Waals surface area contributed by atoms with E-state index in [0.717, 1.165) is 39.1 Å². The molecule has 5 nitrogen and oxygen atoms in total. The highest BCUT2D eigenvalue weighted by atomic mass is 16.5. The van der Waals surface area contributed by atoms with Gasteiger partial charge in [0.05, 0.1) is 6.61 Å². The third kappa shape index (κ3) is 4.18. The summed E-state index contributed by atoms with van der Waals surface area (Å²) in [6, 6.07) is 12.9. The summed E-state index contributed by atoms with van der Waals surface area (Å²) in [7, 11) is 0. The molecule has 0 atom stereocenters. The van der Waals surface area contributed by atoms with Gasteiger partial charge < -0.3 is 9.64 Å². The van der Waals surface area contributed by atoms with Crippen LogP contribution in [0.15, 0.2) is 48.8 Å². The van der Waals surface area contributed by atoms with E-state index in [4.69, 9.17) is 4.74 Å². The molecule has 0 saturated carbocycles. The van der Waals surface area contributed by atoms with Gasteiger partial charge in [-0.1, -0.05) is 18.2 Å². The SMILES string of the molecule is c1ccc(N2CCN(CCCOc3ncccn3)CC2)cc1. The van der Waals surface area contributed by atoms with Crippen LogP contribution in [0.25, 0.3) is 0 Å². The summed E-state index contributed by atoms with van der Waals surface area (Å²) in [5.41, 5.74) is 1.33. The molecule has 22 heavy (non-hydrogen) atoms. The highest BCUT2D eigenvalue weighted by Crippen LogP contribution is 2.15. The van der Waals surface area contributed by atoms with Crippen LogP contribution in [-0.4, -0.2) is 54.2 Å². The summed E-state index contributed by atoms with van der Waals surface area (Å²) in [5.74, 6) is 0. The van der Waals surface area contributed by atoms with Crippen molar-refractivity contribution in [2.45, 2.75) is 6.42 Å². The lowest BCUT2D eigenvalue weighted by atomic mass is 10.2. The second kappa shape index (κ2) is 7.75. The lowest BCUT2D eigenvalue weighted by Gasteiger charge is -2.36. The highest BCUT2D eigenvalue weighted by molar-refractivity contribution is 5.46. The molecule has 0 radical (unpaired) electrons. The molecule has 0 aliphatic carbocycles. The van der Waals surface area contributed by atoms with Crippen LogP contribution in [0.2, 0.25) is 0 Å². The molecule has 1 aromatic carbocycles.